The summed E-state index contributed by atoms with van der Waals surface area (Å²) in [7, 11) is 0. The lowest BCUT2D eigenvalue weighted by Gasteiger charge is -2.16. The molecule has 0 fully saturated rings. The molecule has 0 unspecified atom stereocenters. The molecule has 2 aromatic carbocycles. The van der Waals surface area contributed by atoms with Crippen LogP contribution in [0.5, 0.6) is 0 Å². The number of carbonyl (C=O) groups excluding carboxylic acids is 3. The Balaban J connectivity index is 1.43. The van der Waals surface area contributed by atoms with Gasteiger partial charge in [-0.05, 0) is 31.2 Å². The first-order chi connectivity index (χ1) is 13.5. The van der Waals surface area contributed by atoms with Crippen molar-refractivity contribution in [2.75, 3.05) is 5.32 Å². The second-order valence-electron chi connectivity index (χ2n) is 6.69. The van der Waals surface area contributed by atoms with Crippen LogP contribution in [0.2, 0.25) is 0 Å². The Morgan fingerprint density at radius 2 is 1.89 bits per heavy atom. The van der Waals surface area contributed by atoms with Crippen LogP contribution in [0, 0.1) is 0 Å². The van der Waals surface area contributed by atoms with Gasteiger partial charge >= 0.3 is 0 Å². The molecule has 0 spiro atoms. The fourth-order valence-electron chi connectivity index (χ4n) is 3.19. The second kappa shape index (κ2) is 7.15. The maximum absolute atomic E-state index is 12.5. The van der Waals surface area contributed by atoms with Crippen LogP contribution in [-0.4, -0.2) is 33.7 Å². The Labute approximate surface area is 160 Å². The molecule has 2 atom stereocenters. The van der Waals surface area contributed by atoms with Gasteiger partial charge in [-0.3, -0.25) is 14.4 Å². The van der Waals surface area contributed by atoms with Gasteiger partial charge in [0.25, 0.3) is 5.91 Å². The molecule has 4 N–H and O–H groups in total. The molecule has 1 aliphatic heterocycles. The summed E-state index contributed by atoms with van der Waals surface area (Å²) in [6, 6.07) is 13.0. The number of nitrogens with one attached hydrogen (secondary N) is 4. The standard InChI is InChI=1S/C20H19N5O3/c1-11(18-22-14-8-4-5-9-15(14)23-18)21-17(26)10-16-20(28)24-13-7-3-2-6-12(13)19(27)25-16/h2-9,11,16H,10H2,1H3,(H,21,26)(H,22,23)(H,24,28)(H,25,27)/t11-,16-/m0/s1. The van der Waals surface area contributed by atoms with Gasteiger partial charge in [0.2, 0.25) is 11.8 Å². The molecule has 142 valence electrons. The van der Waals surface area contributed by atoms with Gasteiger partial charge in [0, 0.05) is 0 Å². The molecule has 3 aromatic rings. The van der Waals surface area contributed by atoms with Gasteiger partial charge in [0.1, 0.15) is 11.9 Å². The van der Waals surface area contributed by atoms with Gasteiger partial charge in [-0.1, -0.05) is 24.3 Å². The van der Waals surface area contributed by atoms with E-state index < -0.39 is 17.9 Å². The molecule has 1 aliphatic rings. The maximum atomic E-state index is 12.5. The van der Waals surface area contributed by atoms with Crippen molar-refractivity contribution in [1.82, 2.24) is 20.6 Å². The van der Waals surface area contributed by atoms with E-state index in [0.717, 1.165) is 11.0 Å². The van der Waals surface area contributed by atoms with Crippen LogP contribution in [0.3, 0.4) is 0 Å². The zero-order chi connectivity index (χ0) is 19.7. The third kappa shape index (κ3) is 3.44. The molecule has 4 rings (SSSR count). The average molecular weight is 377 g/mol. The van der Waals surface area contributed by atoms with Crippen molar-refractivity contribution in [1.29, 1.82) is 0 Å². The van der Waals surface area contributed by atoms with Crippen LogP contribution in [0.4, 0.5) is 5.69 Å². The van der Waals surface area contributed by atoms with Crippen molar-refractivity contribution < 1.29 is 14.4 Å². The first-order valence-electron chi connectivity index (χ1n) is 8.96. The number of aromatic amines is 1. The van der Waals surface area contributed by atoms with E-state index in [1.54, 1.807) is 31.2 Å². The van der Waals surface area contributed by atoms with Gasteiger partial charge in [-0.2, -0.15) is 0 Å². The maximum Gasteiger partial charge on any atom is 0.254 e. The predicted octanol–water partition coefficient (Wildman–Crippen LogP) is 1.88. The minimum absolute atomic E-state index is 0.171. The zero-order valence-electron chi connectivity index (χ0n) is 15.2. The monoisotopic (exact) mass is 377 g/mol. The summed E-state index contributed by atoms with van der Waals surface area (Å²) in [5.41, 5.74) is 2.50. The van der Waals surface area contributed by atoms with E-state index >= 15 is 0 Å². The van der Waals surface area contributed by atoms with Crippen molar-refractivity contribution in [3.63, 3.8) is 0 Å². The lowest BCUT2D eigenvalue weighted by atomic mass is 10.1. The SMILES string of the molecule is C[C@H](NC(=O)C[C@@H]1NC(=O)c2ccccc2NC1=O)c1nc2ccccc2[nH]1. The summed E-state index contributed by atoms with van der Waals surface area (Å²) in [5.74, 6) is -0.558. The number of hydrogen-bond donors (Lipinski definition) is 4. The van der Waals surface area contributed by atoms with E-state index in [-0.39, 0.29) is 18.4 Å². The number of hydrogen-bond acceptors (Lipinski definition) is 4. The molecule has 2 heterocycles. The van der Waals surface area contributed by atoms with Crippen LogP contribution < -0.4 is 16.0 Å². The lowest BCUT2D eigenvalue weighted by molar-refractivity contribution is -0.126. The van der Waals surface area contributed by atoms with Crippen LogP contribution in [0.1, 0.15) is 35.6 Å². The minimum Gasteiger partial charge on any atom is -0.346 e. The number of benzene rings is 2. The van der Waals surface area contributed by atoms with Crippen molar-refractivity contribution in [3.05, 3.63) is 59.9 Å². The number of para-hydroxylation sites is 3. The molecular weight excluding hydrogens is 358 g/mol. The van der Waals surface area contributed by atoms with Crippen molar-refractivity contribution >= 4 is 34.4 Å². The Hall–Kier alpha value is -3.68. The van der Waals surface area contributed by atoms with Crippen molar-refractivity contribution in [2.24, 2.45) is 0 Å². The third-order valence-corrected chi connectivity index (χ3v) is 4.64. The molecule has 28 heavy (non-hydrogen) atoms. The molecule has 0 saturated carbocycles. The second-order valence-corrected chi connectivity index (χ2v) is 6.69. The molecule has 0 saturated heterocycles. The quantitative estimate of drug-likeness (QED) is 0.555. The van der Waals surface area contributed by atoms with Gasteiger partial charge in [0.15, 0.2) is 0 Å². The summed E-state index contributed by atoms with van der Waals surface area (Å²) in [5, 5.41) is 8.12. The van der Waals surface area contributed by atoms with Gasteiger partial charge in [0.05, 0.1) is 34.7 Å². The number of fused-ring (bicyclic) bond motifs is 2. The Kier molecular flexibility index (Phi) is 4.52. The molecule has 8 nitrogen and oxygen atoms in total. The highest BCUT2D eigenvalue weighted by molar-refractivity contribution is 6.10. The number of amides is 3. The van der Waals surface area contributed by atoms with Crippen molar-refractivity contribution in [2.45, 2.75) is 25.4 Å². The molecule has 0 bridgehead atoms. The normalized spacial score (nSPS) is 17.2. The zero-order valence-corrected chi connectivity index (χ0v) is 15.2. The van der Waals surface area contributed by atoms with Gasteiger partial charge < -0.3 is 20.9 Å². The topological polar surface area (TPSA) is 116 Å². The van der Waals surface area contributed by atoms with Crippen molar-refractivity contribution in [3.8, 4) is 0 Å². The summed E-state index contributed by atoms with van der Waals surface area (Å²) < 4.78 is 0. The predicted molar refractivity (Wildman–Crippen MR) is 104 cm³/mol. The molecule has 1 aromatic heterocycles. The molecule has 0 radical (unpaired) electrons. The number of carbonyl (C=O) groups is 3. The minimum atomic E-state index is -0.956. The molecule has 3 amide bonds. The summed E-state index contributed by atoms with van der Waals surface area (Å²) >= 11 is 0. The highest BCUT2D eigenvalue weighted by atomic mass is 16.2. The average Bonchev–Trinajstić information content (AvgIpc) is 3.07. The number of H-pyrrole nitrogens is 1. The van der Waals surface area contributed by atoms with E-state index in [4.69, 9.17) is 0 Å². The smallest absolute Gasteiger partial charge is 0.254 e. The highest BCUT2D eigenvalue weighted by Gasteiger charge is 2.29. The van der Waals surface area contributed by atoms with Crippen LogP contribution >= 0.6 is 0 Å². The number of anilines is 1. The summed E-state index contributed by atoms with van der Waals surface area (Å²) in [4.78, 5) is 44.8. The number of aromatic nitrogens is 2. The summed E-state index contributed by atoms with van der Waals surface area (Å²) in [6.07, 6.45) is -0.171. The first-order valence-corrected chi connectivity index (χ1v) is 8.96. The number of nitrogens with zero attached hydrogens (tertiary/aromatic N) is 1. The van der Waals surface area contributed by atoms with E-state index in [1.165, 1.54) is 0 Å². The largest absolute Gasteiger partial charge is 0.346 e. The molecule has 0 aliphatic carbocycles. The fraction of sp³-hybridized carbons (Fsp3) is 0.200. The summed E-state index contributed by atoms with van der Waals surface area (Å²) in [6.45, 7) is 1.80. The van der Waals surface area contributed by atoms with Crippen LogP contribution in [0.15, 0.2) is 48.5 Å². The Bertz CT molecular complexity index is 1040. The van der Waals surface area contributed by atoms with E-state index in [2.05, 4.69) is 25.9 Å². The van der Waals surface area contributed by atoms with Crippen LogP contribution in [0.25, 0.3) is 11.0 Å². The van der Waals surface area contributed by atoms with Gasteiger partial charge in [-0.25, -0.2) is 4.98 Å². The lowest BCUT2D eigenvalue weighted by Crippen LogP contribution is -2.44. The molecule has 8 heteroatoms. The van der Waals surface area contributed by atoms with Crippen LogP contribution in [-0.2, 0) is 9.59 Å². The van der Waals surface area contributed by atoms with E-state index in [9.17, 15) is 14.4 Å². The third-order valence-electron chi connectivity index (χ3n) is 4.64. The molecular formula is C20H19N5O3. The first kappa shape index (κ1) is 17.7. The highest BCUT2D eigenvalue weighted by Crippen LogP contribution is 2.19. The number of rotatable bonds is 4. The van der Waals surface area contributed by atoms with Gasteiger partial charge in [-0.15, -0.1) is 0 Å². The fourth-order valence-corrected chi connectivity index (χ4v) is 3.19. The Morgan fingerprint density at radius 3 is 2.71 bits per heavy atom. The van der Waals surface area contributed by atoms with E-state index in [0.29, 0.717) is 17.1 Å². The number of imidazole rings is 1. The Morgan fingerprint density at radius 1 is 1.14 bits per heavy atom. The van der Waals surface area contributed by atoms with E-state index in [1.807, 2.05) is 24.3 Å².